The van der Waals surface area contributed by atoms with Gasteiger partial charge in [-0.25, -0.2) is 4.98 Å². The molecule has 8 aromatic carbocycles. The van der Waals surface area contributed by atoms with Gasteiger partial charge in [-0.2, -0.15) is 12.1 Å². The third-order valence-electron chi connectivity index (χ3n) is 11.6. The first kappa shape index (κ1) is 35.8. The number of benzene rings is 8. The molecule has 0 amide bonds. The fraction of sp³-hybridized carbons (Fsp3) is 0.0909. The van der Waals surface area contributed by atoms with Crippen molar-refractivity contribution in [1.82, 2.24) is 14.1 Å². The van der Waals surface area contributed by atoms with Crippen LogP contribution in [-0.2, 0) is 33.5 Å². The van der Waals surface area contributed by atoms with Gasteiger partial charge in [-0.15, -0.1) is 48.1 Å². The summed E-state index contributed by atoms with van der Waals surface area (Å²) in [5, 5.41) is 1.85. The fourth-order valence-corrected chi connectivity index (χ4v) is 8.54. The average molecular weight is 987 g/mol. The fourth-order valence-electron chi connectivity index (χ4n) is 8.54. The molecule has 6 nitrogen and oxygen atoms in total. The second kappa shape index (κ2) is 15.5. The van der Waals surface area contributed by atoms with Gasteiger partial charge in [0.1, 0.15) is 0 Å². The van der Waals surface area contributed by atoms with Gasteiger partial charge in [0.05, 0.1) is 11.0 Å². The molecule has 0 N–H and O–H groups in total. The van der Waals surface area contributed by atoms with Gasteiger partial charge in [0.25, 0.3) is 0 Å². The van der Waals surface area contributed by atoms with E-state index in [1.807, 2.05) is 77.4 Å². The van der Waals surface area contributed by atoms with Gasteiger partial charge in [-0.05, 0) is 70.0 Å². The maximum Gasteiger partial charge on any atom is 0.213 e. The van der Waals surface area contributed by atoms with Crippen LogP contribution >= 0.6 is 0 Å². The third kappa shape index (κ3) is 6.67. The molecule has 0 radical (unpaired) electrons. The van der Waals surface area contributed by atoms with Crippen LogP contribution in [0, 0.1) is 18.8 Å². The van der Waals surface area contributed by atoms with E-state index < -0.39 is 6.98 Å². The maximum atomic E-state index is 8.54. The molecule has 2 aromatic heterocycles. The molecule has 0 fully saturated rings. The number of imidazole rings is 1. The molecule has 3 heterocycles. The van der Waals surface area contributed by atoms with Gasteiger partial charge in [0, 0.05) is 77.4 Å². The molecule has 0 bridgehead atoms. The van der Waals surface area contributed by atoms with Crippen LogP contribution in [0.3, 0.4) is 0 Å². The van der Waals surface area contributed by atoms with Crippen molar-refractivity contribution in [2.75, 3.05) is 9.80 Å². The summed E-state index contributed by atoms with van der Waals surface area (Å²) >= 11 is 0. The van der Waals surface area contributed by atoms with Crippen LogP contribution in [0.2, 0.25) is 0 Å². The van der Waals surface area contributed by atoms with Gasteiger partial charge in [0.2, 0.25) is 5.95 Å². The van der Waals surface area contributed by atoms with E-state index in [0.29, 0.717) is 28.0 Å². The molecule has 0 aliphatic carbocycles. The van der Waals surface area contributed by atoms with E-state index in [2.05, 4.69) is 146 Å². The number of para-hydroxylation sites is 5. The zero-order valence-electron chi connectivity index (χ0n) is 37.3. The van der Waals surface area contributed by atoms with Crippen LogP contribution in [0.25, 0.3) is 61.0 Å². The number of rotatable bonds is 7. The van der Waals surface area contributed by atoms with Gasteiger partial charge in [0.15, 0.2) is 0 Å². The van der Waals surface area contributed by atoms with Crippen molar-refractivity contribution in [1.29, 1.82) is 0 Å². The molecular formula is C55H42N5OPt-3. The Kier molecular flexibility index (Phi) is 8.98. The van der Waals surface area contributed by atoms with Crippen LogP contribution in [0.1, 0.15) is 30.4 Å². The molecule has 7 heteroatoms. The second-order valence-electron chi connectivity index (χ2n) is 16.4. The molecule has 0 unspecified atom stereocenters. The Labute approximate surface area is 380 Å². The summed E-state index contributed by atoms with van der Waals surface area (Å²) in [6.07, 6.45) is 0. The summed E-state index contributed by atoms with van der Waals surface area (Å²) in [5.41, 5.74) is 12.2. The number of ether oxygens (including phenoxy) is 1. The van der Waals surface area contributed by atoms with E-state index in [0.717, 1.165) is 61.3 Å². The van der Waals surface area contributed by atoms with Crippen molar-refractivity contribution in [2.24, 2.45) is 6.98 Å². The van der Waals surface area contributed by atoms with Gasteiger partial charge in [-0.3, -0.25) is 0 Å². The first-order valence-electron chi connectivity index (χ1n) is 22.0. The number of hydrogen-bond donors (Lipinski definition) is 0. The SMILES string of the molecule is [2H]C([2H])([2H])n1c(-n2c3[c-]c(Oc4[c-]c(N5[CH-]N(c6c(-c7ccccc7)cc(C(C)(C)C)cc6-c6ccccc6)c6ccccc65)ccc4)ccc3c3ccccc32)nc2ccccc21.[Pt]. The van der Waals surface area contributed by atoms with E-state index in [9.17, 15) is 0 Å². The Morgan fingerprint density at radius 1 is 0.597 bits per heavy atom. The van der Waals surface area contributed by atoms with Crippen LogP contribution < -0.4 is 14.5 Å². The van der Waals surface area contributed by atoms with E-state index in [1.165, 1.54) is 10.1 Å². The van der Waals surface area contributed by atoms with E-state index in [1.54, 1.807) is 6.07 Å². The van der Waals surface area contributed by atoms with Crippen molar-refractivity contribution in [2.45, 2.75) is 26.2 Å². The van der Waals surface area contributed by atoms with Crippen LogP contribution in [0.5, 0.6) is 11.5 Å². The smallest absolute Gasteiger partial charge is 0.213 e. The number of anilines is 4. The van der Waals surface area contributed by atoms with Gasteiger partial charge in [-0.1, -0.05) is 129 Å². The van der Waals surface area contributed by atoms with E-state index in [-0.39, 0.29) is 32.4 Å². The number of nitrogens with zero attached hydrogens (tertiary/aromatic N) is 5. The molecule has 11 rings (SSSR count). The standard InChI is InChI=1S/C55H42N5O.Pt/c1-55(2,3)39-32-45(37-18-7-5-8-19-37)53(46(33-39)38-20-9-6-10-21-38)59-36-58(50-28-15-16-29-51(50)59)40-22-17-23-41(34-40)61-42-30-31-44-43-24-11-13-26-48(43)60(52(44)35-42)54-56-47-25-12-14-27-49(47)57(54)4;/h5-33,36H,1-4H3;/q-3;/i4D3;. The summed E-state index contributed by atoms with van der Waals surface area (Å²) in [5.74, 6) is 1.23. The van der Waals surface area contributed by atoms with Crippen molar-refractivity contribution >= 4 is 55.6 Å². The molecule has 306 valence electrons. The van der Waals surface area contributed by atoms with Crippen molar-refractivity contribution in [3.63, 3.8) is 0 Å². The Hall–Kier alpha value is -6.88. The van der Waals surface area contributed by atoms with Crippen LogP contribution in [0.15, 0.2) is 176 Å². The van der Waals surface area contributed by atoms with Gasteiger partial charge >= 0.3 is 0 Å². The largest absolute Gasteiger partial charge is 0.509 e. The van der Waals surface area contributed by atoms with Crippen molar-refractivity contribution in [3.8, 4) is 39.7 Å². The van der Waals surface area contributed by atoms with Crippen LogP contribution in [-0.4, -0.2) is 14.1 Å². The number of aryl methyl sites for hydroxylation is 1. The van der Waals surface area contributed by atoms with Gasteiger partial charge < -0.3 is 23.7 Å². The molecule has 0 saturated heterocycles. The summed E-state index contributed by atoms with van der Waals surface area (Å²) in [6.45, 7) is 6.46. The topological polar surface area (TPSA) is 38.5 Å². The molecule has 1 aliphatic heterocycles. The normalized spacial score (nSPS) is 13.5. The molecule has 0 spiro atoms. The zero-order valence-corrected chi connectivity index (χ0v) is 36.6. The Bertz CT molecular complexity index is 3330. The molecule has 0 saturated carbocycles. The third-order valence-corrected chi connectivity index (χ3v) is 11.6. The minimum Gasteiger partial charge on any atom is -0.509 e. The maximum absolute atomic E-state index is 8.54. The average Bonchev–Trinajstić information content (AvgIpc) is 3.99. The van der Waals surface area contributed by atoms with Crippen molar-refractivity contribution in [3.05, 3.63) is 200 Å². The number of hydrogen-bond acceptors (Lipinski definition) is 4. The Morgan fingerprint density at radius 2 is 1.21 bits per heavy atom. The summed E-state index contributed by atoms with van der Waals surface area (Å²) < 4.78 is 35.4. The van der Waals surface area contributed by atoms with Crippen molar-refractivity contribution < 1.29 is 29.9 Å². The predicted molar refractivity (Wildman–Crippen MR) is 250 cm³/mol. The minimum absolute atomic E-state index is 0. The Morgan fingerprint density at radius 3 is 1.90 bits per heavy atom. The summed E-state index contributed by atoms with van der Waals surface area (Å²) in [6, 6.07) is 66.5. The zero-order chi connectivity index (χ0) is 43.7. The predicted octanol–water partition coefficient (Wildman–Crippen LogP) is 14.1. The molecule has 62 heavy (non-hydrogen) atoms. The Balaban J connectivity index is 0.00000498. The molecule has 0 atom stereocenters. The second-order valence-corrected chi connectivity index (χ2v) is 16.4. The number of fused-ring (bicyclic) bond motifs is 5. The van der Waals surface area contributed by atoms with Crippen LogP contribution in [0.4, 0.5) is 22.7 Å². The van der Waals surface area contributed by atoms with E-state index >= 15 is 0 Å². The number of aromatic nitrogens is 3. The monoisotopic (exact) mass is 986 g/mol. The minimum atomic E-state index is -2.49. The summed E-state index contributed by atoms with van der Waals surface area (Å²) in [7, 11) is 0. The van der Waals surface area contributed by atoms with E-state index in [4.69, 9.17) is 13.8 Å². The molecule has 10 aromatic rings. The first-order chi connectivity index (χ1) is 31.0. The quantitative estimate of drug-likeness (QED) is 0.149. The molecule has 1 aliphatic rings. The molecular weight excluding hydrogens is 942 g/mol. The first-order valence-corrected chi connectivity index (χ1v) is 20.5. The summed E-state index contributed by atoms with van der Waals surface area (Å²) in [4.78, 5) is 9.35.